The van der Waals surface area contributed by atoms with Gasteiger partial charge in [-0.15, -0.1) is 0 Å². The van der Waals surface area contributed by atoms with Crippen LogP contribution in [0.15, 0.2) is 54.3 Å². The van der Waals surface area contributed by atoms with Gasteiger partial charge in [0.15, 0.2) is 0 Å². The van der Waals surface area contributed by atoms with E-state index >= 15 is 0 Å². The Balaban J connectivity index is 2.64. The molecule has 0 aromatic carbocycles. The third-order valence-corrected chi connectivity index (χ3v) is 2.05. The first-order chi connectivity index (χ1) is 6.83. The number of aromatic nitrogens is 1. The molecule has 0 atom stereocenters. The van der Waals surface area contributed by atoms with E-state index in [0.29, 0.717) is 0 Å². The molecule has 1 aromatic heterocycles. The van der Waals surface area contributed by atoms with E-state index in [1.807, 2.05) is 24.3 Å². The van der Waals surface area contributed by atoms with E-state index in [9.17, 15) is 0 Å². The molecule has 2 rings (SSSR count). The quantitative estimate of drug-likeness (QED) is 0.655. The van der Waals surface area contributed by atoms with Gasteiger partial charge < -0.3 is 0 Å². The molecule has 0 radical (unpaired) electrons. The monoisotopic (exact) mass is 182 g/mol. The van der Waals surface area contributed by atoms with Gasteiger partial charge in [0.05, 0.1) is 11.4 Å². The summed E-state index contributed by atoms with van der Waals surface area (Å²) in [7, 11) is 0. The Labute approximate surface area is 83.0 Å². The smallest absolute Gasteiger partial charge is 0.0964 e. The molecule has 1 aliphatic carbocycles. The van der Waals surface area contributed by atoms with E-state index in [1.165, 1.54) is 6.20 Å². The zero-order chi connectivity index (χ0) is 9.97. The van der Waals surface area contributed by atoms with Gasteiger partial charge in [-0.2, -0.15) is 0 Å². The predicted molar refractivity (Wildman–Crippen MR) is 59.1 cm³/mol. The first kappa shape index (κ1) is 8.63. The highest BCUT2D eigenvalue weighted by molar-refractivity contribution is 6.17. The molecule has 68 valence electrons. The number of rotatable bonds is 1. The van der Waals surface area contributed by atoms with Crippen LogP contribution in [0.3, 0.4) is 0 Å². The zero-order valence-corrected chi connectivity index (χ0v) is 7.77. The van der Waals surface area contributed by atoms with Crippen LogP contribution in [0.25, 0.3) is 6.08 Å². The van der Waals surface area contributed by atoms with Gasteiger partial charge in [0.1, 0.15) is 0 Å². The van der Waals surface area contributed by atoms with Crippen LogP contribution in [0.1, 0.15) is 11.3 Å². The van der Waals surface area contributed by atoms with Gasteiger partial charge >= 0.3 is 0 Å². The van der Waals surface area contributed by atoms with Crippen molar-refractivity contribution in [2.24, 2.45) is 4.99 Å². The molecule has 0 amide bonds. The summed E-state index contributed by atoms with van der Waals surface area (Å²) in [6.45, 7) is 7.49. The first-order valence-corrected chi connectivity index (χ1v) is 4.34. The van der Waals surface area contributed by atoms with Gasteiger partial charge in [0.25, 0.3) is 0 Å². The Morgan fingerprint density at radius 1 is 1.36 bits per heavy atom. The van der Waals surface area contributed by atoms with E-state index in [-0.39, 0.29) is 0 Å². The molecule has 14 heavy (non-hydrogen) atoms. The highest BCUT2D eigenvalue weighted by Crippen LogP contribution is 2.20. The fourth-order valence-corrected chi connectivity index (χ4v) is 1.41. The number of fused-ring (bicyclic) bond motifs is 1. The maximum Gasteiger partial charge on any atom is 0.0964 e. The summed E-state index contributed by atoms with van der Waals surface area (Å²) in [6.07, 6.45) is 7.20. The average Bonchev–Trinajstić information content (AvgIpc) is 2.23. The van der Waals surface area contributed by atoms with Crippen molar-refractivity contribution in [2.45, 2.75) is 0 Å². The minimum Gasteiger partial charge on any atom is -0.255 e. The summed E-state index contributed by atoms with van der Waals surface area (Å²) < 4.78 is 0. The fraction of sp³-hybridized carbons (Fsp3) is 0. The summed E-state index contributed by atoms with van der Waals surface area (Å²) in [4.78, 5) is 8.45. The molecule has 0 fully saturated rings. The summed E-state index contributed by atoms with van der Waals surface area (Å²) in [5.74, 6) is 0. The SMILES string of the molecule is C=C/N=C1\C(=C)C=Cc2cccnc21. The lowest BCUT2D eigenvalue weighted by Crippen LogP contribution is -2.10. The Kier molecular flexibility index (Phi) is 2.11. The van der Waals surface area contributed by atoms with Crippen molar-refractivity contribution in [2.75, 3.05) is 0 Å². The molecule has 0 saturated carbocycles. The summed E-state index contributed by atoms with van der Waals surface area (Å²) >= 11 is 0. The molecular formula is C12H10N2. The molecule has 0 saturated heterocycles. The zero-order valence-electron chi connectivity index (χ0n) is 7.77. The molecule has 2 nitrogen and oxygen atoms in total. The van der Waals surface area contributed by atoms with Crippen molar-refractivity contribution >= 4 is 11.8 Å². The minimum absolute atomic E-state index is 0.804. The normalized spacial score (nSPS) is 16.9. The standard InChI is InChI=1S/C12H10N2/c1-3-13-11-9(2)6-7-10-5-4-8-14-12(10)11/h3-8H,1-2H2/b13-11+. The summed E-state index contributed by atoms with van der Waals surface area (Å²) in [5, 5.41) is 0. The third kappa shape index (κ3) is 1.31. The lowest BCUT2D eigenvalue weighted by molar-refractivity contribution is 1.26. The van der Waals surface area contributed by atoms with Crippen LogP contribution in [0.5, 0.6) is 0 Å². The maximum absolute atomic E-state index is 4.28. The summed E-state index contributed by atoms with van der Waals surface area (Å²) in [5.41, 5.74) is 3.62. The molecule has 0 N–H and O–H groups in total. The third-order valence-electron chi connectivity index (χ3n) is 2.05. The van der Waals surface area contributed by atoms with Crippen molar-refractivity contribution in [3.63, 3.8) is 0 Å². The van der Waals surface area contributed by atoms with Crippen molar-refractivity contribution < 1.29 is 0 Å². The van der Waals surface area contributed by atoms with Crippen LogP contribution in [0, 0.1) is 0 Å². The molecule has 2 heteroatoms. The van der Waals surface area contributed by atoms with Gasteiger partial charge in [-0.05, 0) is 11.6 Å². The lowest BCUT2D eigenvalue weighted by Gasteiger charge is -2.12. The minimum atomic E-state index is 0.804. The van der Waals surface area contributed by atoms with Crippen LogP contribution in [-0.4, -0.2) is 10.7 Å². The molecule has 0 unspecified atom stereocenters. The van der Waals surface area contributed by atoms with Gasteiger partial charge in [-0.3, -0.25) is 9.98 Å². The van der Waals surface area contributed by atoms with Crippen molar-refractivity contribution in [1.29, 1.82) is 0 Å². The Hall–Kier alpha value is -1.96. The van der Waals surface area contributed by atoms with Crippen molar-refractivity contribution in [3.8, 4) is 0 Å². The van der Waals surface area contributed by atoms with Crippen molar-refractivity contribution in [1.82, 2.24) is 4.98 Å². The number of allylic oxidation sites excluding steroid dienone is 2. The fourth-order valence-electron chi connectivity index (χ4n) is 1.41. The largest absolute Gasteiger partial charge is 0.255 e. The average molecular weight is 182 g/mol. The van der Waals surface area contributed by atoms with E-state index in [0.717, 1.165) is 22.5 Å². The molecule has 0 bridgehead atoms. The van der Waals surface area contributed by atoms with Gasteiger partial charge in [-0.25, -0.2) is 0 Å². The first-order valence-electron chi connectivity index (χ1n) is 4.34. The molecule has 1 aliphatic rings. The highest BCUT2D eigenvalue weighted by Gasteiger charge is 2.14. The van der Waals surface area contributed by atoms with Crippen LogP contribution >= 0.6 is 0 Å². The molecule has 0 aliphatic heterocycles. The Bertz CT molecular complexity index is 453. The van der Waals surface area contributed by atoms with Gasteiger partial charge in [-0.1, -0.05) is 31.4 Å². The Morgan fingerprint density at radius 2 is 2.21 bits per heavy atom. The van der Waals surface area contributed by atoms with Gasteiger partial charge in [0.2, 0.25) is 0 Å². The van der Waals surface area contributed by atoms with E-state index in [4.69, 9.17) is 0 Å². The van der Waals surface area contributed by atoms with E-state index < -0.39 is 0 Å². The molecular weight excluding hydrogens is 172 g/mol. The topological polar surface area (TPSA) is 25.2 Å². The highest BCUT2D eigenvalue weighted by atomic mass is 14.8. The molecule has 1 heterocycles. The second kappa shape index (κ2) is 3.42. The molecule has 0 spiro atoms. The van der Waals surface area contributed by atoms with Crippen LogP contribution in [0.4, 0.5) is 0 Å². The second-order valence-corrected chi connectivity index (χ2v) is 2.96. The second-order valence-electron chi connectivity index (χ2n) is 2.96. The number of pyridine rings is 1. The van der Waals surface area contributed by atoms with Crippen LogP contribution in [0.2, 0.25) is 0 Å². The van der Waals surface area contributed by atoms with Crippen LogP contribution in [-0.2, 0) is 0 Å². The number of aliphatic imine (C=N–C) groups is 1. The van der Waals surface area contributed by atoms with Crippen molar-refractivity contribution in [3.05, 3.63) is 60.6 Å². The predicted octanol–water partition coefficient (Wildman–Crippen LogP) is 2.60. The van der Waals surface area contributed by atoms with E-state index in [1.54, 1.807) is 6.20 Å². The molecule has 1 aromatic rings. The number of hydrogen-bond donors (Lipinski definition) is 0. The lowest BCUT2D eigenvalue weighted by atomic mass is 9.97. The van der Waals surface area contributed by atoms with Crippen LogP contribution < -0.4 is 0 Å². The summed E-state index contributed by atoms with van der Waals surface area (Å²) in [6, 6.07) is 3.91. The number of nitrogens with zero attached hydrogens (tertiary/aromatic N) is 2. The number of hydrogen-bond acceptors (Lipinski definition) is 2. The van der Waals surface area contributed by atoms with E-state index in [2.05, 4.69) is 23.1 Å². The Morgan fingerprint density at radius 3 is 3.00 bits per heavy atom. The van der Waals surface area contributed by atoms with Gasteiger partial charge in [0, 0.05) is 18.0 Å². The maximum atomic E-state index is 4.28.